The number of nitrogens with one attached hydrogen (secondary N) is 1. The normalized spacial score (nSPS) is 15.0. The Balaban J connectivity index is 1.54. The van der Waals surface area contributed by atoms with Gasteiger partial charge in [-0.2, -0.15) is 0 Å². The van der Waals surface area contributed by atoms with Crippen molar-refractivity contribution in [1.82, 2.24) is 4.90 Å². The number of benzene rings is 2. The third-order valence-corrected chi connectivity index (χ3v) is 6.19. The van der Waals surface area contributed by atoms with Gasteiger partial charge in [-0.1, -0.05) is 12.1 Å². The van der Waals surface area contributed by atoms with Crippen molar-refractivity contribution in [3.05, 3.63) is 54.1 Å². The van der Waals surface area contributed by atoms with Crippen molar-refractivity contribution in [2.45, 2.75) is 37.5 Å². The van der Waals surface area contributed by atoms with Crippen LogP contribution in [0.1, 0.15) is 31.7 Å². The lowest BCUT2D eigenvalue weighted by molar-refractivity contribution is 0.334. The maximum absolute atomic E-state index is 12.5. The monoisotopic (exact) mass is 388 g/mol. The highest BCUT2D eigenvalue weighted by molar-refractivity contribution is 7.92. The van der Waals surface area contributed by atoms with Gasteiger partial charge in [0.2, 0.25) is 0 Å². The van der Waals surface area contributed by atoms with E-state index in [0.29, 0.717) is 18.0 Å². The largest absolute Gasteiger partial charge is 0.494 e. The third-order valence-electron chi connectivity index (χ3n) is 4.79. The van der Waals surface area contributed by atoms with Crippen molar-refractivity contribution in [1.29, 1.82) is 0 Å². The number of aryl methyl sites for hydroxylation is 1. The molecule has 0 radical (unpaired) electrons. The highest BCUT2D eigenvalue weighted by Crippen LogP contribution is 2.20. The van der Waals surface area contributed by atoms with E-state index in [4.69, 9.17) is 4.74 Å². The van der Waals surface area contributed by atoms with Crippen LogP contribution < -0.4 is 9.46 Å². The van der Waals surface area contributed by atoms with Gasteiger partial charge < -0.3 is 9.64 Å². The minimum atomic E-state index is -3.60. The first-order valence-corrected chi connectivity index (χ1v) is 11.1. The summed E-state index contributed by atoms with van der Waals surface area (Å²) in [7, 11) is -3.60. The van der Waals surface area contributed by atoms with Crippen LogP contribution in [0, 0.1) is 0 Å². The van der Waals surface area contributed by atoms with E-state index >= 15 is 0 Å². The molecule has 3 rings (SSSR count). The number of anilines is 1. The fourth-order valence-corrected chi connectivity index (χ4v) is 4.41. The maximum Gasteiger partial charge on any atom is 0.261 e. The second-order valence-corrected chi connectivity index (χ2v) is 8.54. The van der Waals surface area contributed by atoms with Gasteiger partial charge in [0.25, 0.3) is 10.0 Å². The topological polar surface area (TPSA) is 58.6 Å². The van der Waals surface area contributed by atoms with Crippen LogP contribution in [0.3, 0.4) is 0 Å². The Morgan fingerprint density at radius 2 is 1.67 bits per heavy atom. The van der Waals surface area contributed by atoms with E-state index in [9.17, 15) is 8.42 Å². The SMILES string of the molecule is CCOc1ccc(S(=O)(=O)Nc2ccc(CCCN3CCCC3)cc2)cc1. The van der Waals surface area contributed by atoms with E-state index in [1.54, 1.807) is 24.3 Å². The van der Waals surface area contributed by atoms with Gasteiger partial charge in [0, 0.05) is 5.69 Å². The van der Waals surface area contributed by atoms with Crippen LogP contribution in [0.25, 0.3) is 0 Å². The van der Waals surface area contributed by atoms with E-state index in [-0.39, 0.29) is 4.90 Å². The molecule has 146 valence electrons. The van der Waals surface area contributed by atoms with Gasteiger partial charge in [-0.25, -0.2) is 8.42 Å². The molecule has 0 spiro atoms. The summed E-state index contributed by atoms with van der Waals surface area (Å²) >= 11 is 0. The fourth-order valence-electron chi connectivity index (χ4n) is 3.35. The second-order valence-electron chi connectivity index (χ2n) is 6.86. The first kappa shape index (κ1) is 19.7. The Bertz CT molecular complexity index is 812. The molecule has 0 aliphatic carbocycles. The Kier molecular flexibility index (Phi) is 6.74. The molecule has 2 aromatic rings. The first-order valence-electron chi connectivity index (χ1n) is 9.64. The molecular weight excluding hydrogens is 360 g/mol. The molecule has 6 heteroatoms. The van der Waals surface area contributed by atoms with Gasteiger partial charge in [0.15, 0.2) is 0 Å². The Morgan fingerprint density at radius 1 is 1.00 bits per heavy atom. The Labute approximate surface area is 162 Å². The zero-order valence-corrected chi connectivity index (χ0v) is 16.7. The van der Waals surface area contributed by atoms with Gasteiger partial charge in [-0.3, -0.25) is 4.72 Å². The number of nitrogens with zero attached hydrogens (tertiary/aromatic N) is 1. The third kappa shape index (κ3) is 5.71. The molecule has 0 unspecified atom stereocenters. The van der Waals surface area contributed by atoms with Crippen LogP contribution in [0.2, 0.25) is 0 Å². The van der Waals surface area contributed by atoms with E-state index < -0.39 is 10.0 Å². The predicted octanol–water partition coefficient (Wildman–Crippen LogP) is 3.91. The molecule has 0 bridgehead atoms. The molecule has 1 fully saturated rings. The van der Waals surface area contributed by atoms with E-state index in [1.165, 1.54) is 31.5 Å². The number of hydrogen-bond donors (Lipinski definition) is 1. The highest BCUT2D eigenvalue weighted by atomic mass is 32.2. The van der Waals surface area contributed by atoms with Crippen molar-refractivity contribution in [3.8, 4) is 5.75 Å². The fraction of sp³-hybridized carbons (Fsp3) is 0.429. The number of sulfonamides is 1. The Hall–Kier alpha value is -2.05. The van der Waals surface area contributed by atoms with E-state index in [1.807, 2.05) is 31.2 Å². The maximum atomic E-state index is 12.5. The summed E-state index contributed by atoms with van der Waals surface area (Å²) in [5, 5.41) is 0. The molecule has 0 amide bonds. The lowest BCUT2D eigenvalue weighted by atomic mass is 10.1. The Morgan fingerprint density at radius 3 is 2.30 bits per heavy atom. The summed E-state index contributed by atoms with van der Waals surface area (Å²) in [6.45, 7) is 6.04. The summed E-state index contributed by atoms with van der Waals surface area (Å²) in [4.78, 5) is 2.74. The number of ether oxygens (including phenoxy) is 1. The lowest BCUT2D eigenvalue weighted by Gasteiger charge is -2.14. The standard InChI is InChI=1S/C21H28N2O3S/c1-2-26-20-11-13-21(14-12-20)27(24,25)22-19-9-7-18(8-10-19)6-5-17-23-15-3-4-16-23/h7-14,22H,2-6,15-17H2,1H3. The molecule has 1 aliphatic rings. The van der Waals surface area contributed by atoms with Gasteiger partial charge in [0.05, 0.1) is 11.5 Å². The molecular formula is C21H28N2O3S. The summed E-state index contributed by atoms with van der Waals surface area (Å²) in [5.41, 5.74) is 1.81. The first-order chi connectivity index (χ1) is 13.1. The quantitative estimate of drug-likeness (QED) is 0.707. The zero-order valence-electron chi connectivity index (χ0n) is 15.9. The summed E-state index contributed by atoms with van der Waals surface area (Å²) < 4.78 is 33.0. The summed E-state index contributed by atoms with van der Waals surface area (Å²) in [6, 6.07) is 14.1. The van der Waals surface area contributed by atoms with Crippen LogP contribution in [0.15, 0.2) is 53.4 Å². The molecule has 0 atom stereocenters. The zero-order chi connectivity index (χ0) is 19.1. The second kappa shape index (κ2) is 9.24. The van der Waals surface area contributed by atoms with Gasteiger partial charge in [0.1, 0.15) is 5.75 Å². The average Bonchev–Trinajstić information content (AvgIpc) is 3.17. The summed E-state index contributed by atoms with van der Waals surface area (Å²) in [5.74, 6) is 0.662. The molecule has 0 saturated carbocycles. The molecule has 1 N–H and O–H groups in total. The average molecular weight is 389 g/mol. The van der Waals surface area contributed by atoms with E-state index in [2.05, 4.69) is 9.62 Å². The van der Waals surface area contributed by atoms with Crippen molar-refractivity contribution in [2.24, 2.45) is 0 Å². The van der Waals surface area contributed by atoms with Crippen LogP contribution in [0.4, 0.5) is 5.69 Å². The molecule has 1 aliphatic heterocycles. The molecule has 2 aromatic carbocycles. The van der Waals surface area contributed by atoms with Crippen molar-refractivity contribution in [2.75, 3.05) is 31.0 Å². The number of rotatable bonds is 9. The molecule has 1 saturated heterocycles. The summed E-state index contributed by atoms with van der Waals surface area (Å²) in [6.07, 6.45) is 4.80. The van der Waals surface area contributed by atoms with Gasteiger partial charge >= 0.3 is 0 Å². The molecule has 0 aromatic heterocycles. The van der Waals surface area contributed by atoms with Crippen LogP contribution in [-0.4, -0.2) is 39.6 Å². The molecule has 5 nitrogen and oxygen atoms in total. The van der Waals surface area contributed by atoms with E-state index in [0.717, 1.165) is 19.4 Å². The van der Waals surface area contributed by atoms with Crippen LogP contribution in [-0.2, 0) is 16.4 Å². The van der Waals surface area contributed by atoms with Gasteiger partial charge in [-0.05, 0) is 94.2 Å². The highest BCUT2D eigenvalue weighted by Gasteiger charge is 2.14. The number of likely N-dealkylation sites (tertiary alicyclic amines) is 1. The van der Waals surface area contributed by atoms with Gasteiger partial charge in [-0.15, -0.1) is 0 Å². The minimum Gasteiger partial charge on any atom is -0.494 e. The molecule has 1 heterocycles. The molecule has 27 heavy (non-hydrogen) atoms. The van der Waals surface area contributed by atoms with Crippen molar-refractivity contribution >= 4 is 15.7 Å². The lowest BCUT2D eigenvalue weighted by Crippen LogP contribution is -2.20. The smallest absolute Gasteiger partial charge is 0.261 e. The predicted molar refractivity (Wildman–Crippen MR) is 109 cm³/mol. The van der Waals surface area contributed by atoms with Crippen molar-refractivity contribution in [3.63, 3.8) is 0 Å². The minimum absolute atomic E-state index is 0.223. The van der Waals surface area contributed by atoms with Crippen LogP contribution >= 0.6 is 0 Å². The van der Waals surface area contributed by atoms with Crippen LogP contribution in [0.5, 0.6) is 5.75 Å². The number of hydrogen-bond acceptors (Lipinski definition) is 4. The van der Waals surface area contributed by atoms with Crippen molar-refractivity contribution < 1.29 is 13.2 Å².